The van der Waals surface area contributed by atoms with Gasteiger partial charge in [-0.1, -0.05) is 5.16 Å². The van der Waals surface area contributed by atoms with Crippen molar-refractivity contribution in [2.75, 3.05) is 6.54 Å². The lowest BCUT2D eigenvalue weighted by Gasteiger charge is -2.10. The standard InChI is InChI=1S/C8H9F3N2O/c9-8(10,11)5-4-13-14-7(5)6-2-1-3-12-6/h4,6,12H,1-3H2. The van der Waals surface area contributed by atoms with Gasteiger partial charge in [-0.15, -0.1) is 0 Å². The molecule has 0 saturated carbocycles. The fourth-order valence-corrected chi connectivity index (χ4v) is 1.62. The van der Waals surface area contributed by atoms with Crippen LogP contribution < -0.4 is 5.32 Å². The normalized spacial score (nSPS) is 22.9. The highest BCUT2D eigenvalue weighted by Gasteiger charge is 2.39. The van der Waals surface area contributed by atoms with E-state index in [0.717, 1.165) is 19.2 Å². The van der Waals surface area contributed by atoms with E-state index in [2.05, 4.69) is 15.0 Å². The summed E-state index contributed by atoms with van der Waals surface area (Å²) < 4.78 is 41.9. The molecule has 1 aromatic heterocycles. The predicted molar refractivity (Wildman–Crippen MR) is 41.5 cm³/mol. The number of halogens is 3. The fourth-order valence-electron chi connectivity index (χ4n) is 1.62. The van der Waals surface area contributed by atoms with Crippen molar-refractivity contribution in [1.29, 1.82) is 0 Å². The van der Waals surface area contributed by atoms with Crippen molar-refractivity contribution in [2.24, 2.45) is 0 Å². The molecule has 2 rings (SSSR count). The van der Waals surface area contributed by atoms with E-state index in [0.29, 0.717) is 6.42 Å². The molecule has 1 N–H and O–H groups in total. The van der Waals surface area contributed by atoms with Gasteiger partial charge in [0.2, 0.25) is 0 Å². The van der Waals surface area contributed by atoms with Crippen LogP contribution in [0, 0.1) is 0 Å². The van der Waals surface area contributed by atoms with Crippen LogP contribution in [0.5, 0.6) is 0 Å². The number of nitrogens with zero attached hydrogens (tertiary/aromatic N) is 1. The first kappa shape index (κ1) is 9.51. The first-order chi connectivity index (χ1) is 6.59. The predicted octanol–water partition coefficient (Wildman–Crippen LogP) is 2.12. The summed E-state index contributed by atoms with van der Waals surface area (Å²) in [5.41, 5.74) is -0.767. The zero-order valence-corrected chi connectivity index (χ0v) is 7.27. The van der Waals surface area contributed by atoms with E-state index in [-0.39, 0.29) is 11.8 Å². The van der Waals surface area contributed by atoms with Crippen LogP contribution in [0.3, 0.4) is 0 Å². The first-order valence-electron chi connectivity index (χ1n) is 4.34. The Labute approximate surface area is 78.3 Å². The minimum Gasteiger partial charge on any atom is -0.359 e. The third kappa shape index (κ3) is 1.61. The maximum Gasteiger partial charge on any atom is 0.421 e. The van der Waals surface area contributed by atoms with Crippen molar-refractivity contribution in [1.82, 2.24) is 10.5 Å². The van der Waals surface area contributed by atoms with Crippen LogP contribution in [-0.4, -0.2) is 11.7 Å². The van der Waals surface area contributed by atoms with Gasteiger partial charge in [0.1, 0.15) is 5.56 Å². The molecule has 0 radical (unpaired) electrons. The summed E-state index contributed by atoms with van der Waals surface area (Å²) in [6, 6.07) is -0.339. The summed E-state index contributed by atoms with van der Waals surface area (Å²) in [6.45, 7) is 0.725. The van der Waals surface area contributed by atoms with Gasteiger partial charge in [-0.05, 0) is 19.4 Å². The maximum absolute atomic E-state index is 12.4. The van der Waals surface area contributed by atoms with E-state index >= 15 is 0 Å². The molecule has 3 nitrogen and oxygen atoms in total. The van der Waals surface area contributed by atoms with E-state index in [4.69, 9.17) is 0 Å². The van der Waals surface area contributed by atoms with Crippen molar-refractivity contribution < 1.29 is 17.7 Å². The average Bonchev–Trinajstić information content (AvgIpc) is 2.73. The Balaban J connectivity index is 2.29. The van der Waals surface area contributed by atoms with E-state index in [1.54, 1.807) is 0 Å². The third-order valence-electron chi connectivity index (χ3n) is 2.28. The molecule has 0 amide bonds. The number of alkyl halides is 3. The minimum absolute atomic E-state index is 0.0880. The van der Waals surface area contributed by atoms with Crippen molar-refractivity contribution >= 4 is 0 Å². The molecule has 2 heterocycles. The van der Waals surface area contributed by atoms with Crippen molar-refractivity contribution in [3.63, 3.8) is 0 Å². The van der Waals surface area contributed by atoms with Gasteiger partial charge in [-0.3, -0.25) is 0 Å². The van der Waals surface area contributed by atoms with Crippen LogP contribution in [0.1, 0.15) is 30.2 Å². The van der Waals surface area contributed by atoms with E-state index in [9.17, 15) is 13.2 Å². The number of hydrogen-bond acceptors (Lipinski definition) is 3. The van der Waals surface area contributed by atoms with Gasteiger partial charge in [-0.2, -0.15) is 13.2 Å². The van der Waals surface area contributed by atoms with Crippen LogP contribution in [0.2, 0.25) is 0 Å². The molecule has 0 aromatic carbocycles. The smallest absolute Gasteiger partial charge is 0.359 e. The van der Waals surface area contributed by atoms with E-state index in [1.165, 1.54) is 0 Å². The molecule has 1 aliphatic heterocycles. The van der Waals surface area contributed by atoms with Gasteiger partial charge < -0.3 is 9.84 Å². The largest absolute Gasteiger partial charge is 0.421 e. The zero-order chi connectivity index (χ0) is 10.2. The van der Waals surface area contributed by atoms with E-state index < -0.39 is 11.7 Å². The molecule has 1 unspecified atom stereocenters. The molecular formula is C8H9F3N2O. The quantitative estimate of drug-likeness (QED) is 0.764. The molecule has 0 aliphatic carbocycles. The number of aromatic nitrogens is 1. The summed E-state index contributed by atoms with van der Waals surface area (Å²) in [4.78, 5) is 0. The van der Waals surface area contributed by atoms with Gasteiger partial charge in [-0.25, -0.2) is 0 Å². The molecule has 1 aromatic rings. The Morgan fingerprint density at radius 3 is 2.86 bits per heavy atom. The second kappa shape index (κ2) is 3.27. The molecule has 78 valence electrons. The Bertz CT molecular complexity index is 315. The van der Waals surface area contributed by atoms with Crippen LogP contribution in [0.4, 0.5) is 13.2 Å². The molecule has 14 heavy (non-hydrogen) atoms. The van der Waals surface area contributed by atoms with Crippen molar-refractivity contribution in [3.05, 3.63) is 17.5 Å². The van der Waals surface area contributed by atoms with Crippen molar-refractivity contribution in [2.45, 2.75) is 25.1 Å². The maximum atomic E-state index is 12.4. The molecule has 1 atom stereocenters. The van der Waals surface area contributed by atoms with Crippen LogP contribution in [-0.2, 0) is 6.18 Å². The fraction of sp³-hybridized carbons (Fsp3) is 0.625. The lowest BCUT2D eigenvalue weighted by Crippen LogP contribution is -2.16. The summed E-state index contributed by atoms with van der Waals surface area (Å²) in [7, 11) is 0. The van der Waals surface area contributed by atoms with Gasteiger partial charge in [0, 0.05) is 0 Å². The molecule has 1 fully saturated rings. The lowest BCUT2D eigenvalue weighted by molar-refractivity contribution is -0.139. The Hall–Kier alpha value is -1.04. The molecule has 0 spiro atoms. The van der Waals surface area contributed by atoms with E-state index in [1.807, 2.05) is 0 Å². The summed E-state index contributed by atoms with van der Waals surface area (Å²) in [5, 5.41) is 6.14. The second-order valence-corrected chi connectivity index (χ2v) is 3.25. The highest BCUT2D eigenvalue weighted by molar-refractivity contribution is 5.21. The highest BCUT2D eigenvalue weighted by atomic mass is 19.4. The Kier molecular flexibility index (Phi) is 2.22. The van der Waals surface area contributed by atoms with Crippen molar-refractivity contribution in [3.8, 4) is 0 Å². The summed E-state index contributed by atoms with van der Waals surface area (Å²) in [5.74, 6) is -0.0880. The summed E-state index contributed by atoms with van der Waals surface area (Å²) >= 11 is 0. The number of nitrogens with one attached hydrogen (secondary N) is 1. The topological polar surface area (TPSA) is 38.1 Å². The van der Waals surface area contributed by atoms with Crippen LogP contribution in [0.25, 0.3) is 0 Å². The van der Waals surface area contributed by atoms with Crippen LogP contribution >= 0.6 is 0 Å². The average molecular weight is 206 g/mol. The Morgan fingerprint density at radius 2 is 2.29 bits per heavy atom. The molecule has 6 heteroatoms. The first-order valence-corrected chi connectivity index (χ1v) is 4.34. The third-order valence-corrected chi connectivity index (χ3v) is 2.28. The van der Waals surface area contributed by atoms with Gasteiger partial charge in [0.25, 0.3) is 0 Å². The minimum atomic E-state index is -4.38. The van der Waals surface area contributed by atoms with Gasteiger partial charge >= 0.3 is 6.18 Å². The molecule has 0 bridgehead atoms. The number of hydrogen-bond donors (Lipinski definition) is 1. The number of rotatable bonds is 1. The molecular weight excluding hydrogens is 197 g/mol. The monoisotopic (exact) mass is 206 g/mol. The Morgan fingerprint density at radius 1 is 1.50 bits per heavy atom. The van der Waals surface area contributed by atoms with Gasteiger partial charge in [0.15, 0.2) is 5.76 Å². The SMILES string of the molecule is FC(F)(F)c1cnoc1C1CCCN1. The molecule has 1 aliphatic rings. The second-order valence-electron chi connectivity index (χ2n) is 3.25. The van der Waals surface area contributed by atoms with Crippen LogP contribution in [0.15, 0.2) is 10.7 Å². The highest BCUT2D eigenvalue weighted by Crippen LogP contribution is 2.36. The zero-order valence-electron chi connectivity index (χ0n) is 7.27. The van der Waals surface area contributed by atoms with Gasteiger partial charge in [0.05, 0.1) is 12.2 Å². The lowest BCUT2D eigenvalue weighted by atomic mass is 10.1. The molecule has 1 saturated heterocycles. The summed E-state index contributed by atoms with van der Waals surface area (Å²) in [6.07, 6.45) is -2.12.